The number of likely N-dealkylation sites (tertiary alicyclic amines) is 1. The summed E-state index contributed by atoms with van der Waals surface area (Å²) in [5, 5.41) is 3.43. The van der Waals surface area contributed by atoms with E-state index in [0.29, 0.717) is 12.0 Å². The Morgan fingerprint density at radius 1 is 1.30 bits per heavy atom. The summed E-state index contributed by atoms with van der Waals surface area (Å²) in [4.78, 5) is 2.60. The lowest BCUT2D eigenvalue weighted by molar-refractivity contribution is 0.173. The molecule has 0 radical (unpaired) electrons. The van der Waals surface area contributed by atoms with Crippen molar-refractivity contribution in [1.29, 1.82) is 0 Å². The third kappa shape index (κ3) is 4.10. The van der Waals surface area contributed by atoms with Crippen molar-refractivity contribution in [3.63, 3.8) is 0 Å². The highest BCUT2D eigenvalue weighted by Gasteiger charge is 2.29. The Bertz CT molecular complexity index is 399. The number of rotatable bonds is 7. The molecule has 2 unspecified atom stereocenters. The molecule has 20 heavy (non-hydrogen) atoms. The fourth-order valence-electron chi connectivity index (χ4n) is 3.11. The van der Waals surface area contributed by atoms with Crippen molar-refractivity contribution in [1.82, 2.24) is 10.2 Å². The molecule has 2 heterocycles. The van der Waals surface area contributed by atoms with Crippen molar-refractivity contribution in [2.45, 2.75) is 72.1 Å². The van der Waals surface area contributed by atoms with E-state index in [-0.39, 0.29) is 0 Å². The summed E-state index contributed by atoms with van der Waals surface area (Å²) in [7, 11) is 0. The standard InChI is InChI=1S/C17H30N2O/c1-5-15-7-6-14(4)19(15)12-17-9-8-16(20-17)11-18-10-13(2)3/h8-9,13-15,18H,5-7,10-12H2,1-4H3. The molecule has 0 spiro atoms. The molecule has 0 aromatic carbocycles. The first-order valence-electron chi connectivity index (χ1n) is 8.14. The van der Waals surface area contributed by atoms with Crippen LogP contribution in [0.3, 0.4) is 0 Å². The van der Waals surface area contributed by atoms with Gasteiger partial charge in [-0.3, -0.25) is 4.90 Å². The highest BCUT2D eigenvalue weighted by atomic mass is 16.3. The van der Waals surface area contributed by atoms with Crippen LogP contribution in [0.2, 0.25) is 0 Å². The average Bonchev–Trinajstić information content (AvgIpc) is 2.98. The molecule has 3 nitrogen and oxygen atoms in total. The maximum absolute atomic E-state index is 5.96. The molecule has 114 valence electrons. The first-order valence-corrected chi connectivity index (χ1v) is 8.14. The number of hydrogen-bond acceptors (Lipinski definition) is 3. The van der Waals surface area contributed by atoms with Gasteiger partial charge >= 0.3 is 0 Å². The van der Waals surface area contributed by atoms with Crippen molar-refractivity contribution in [2.24, 2.45) is 5.92 Å². The van der Waals surface area contributed by atoms with E-state index in [4.69, 9.17) is 4.42 Å². The third-order valence-electron chi connectivity index (χ3n) is 4.33. The van der Waals surface area contributed by atoms with Gasteiger partial charge in [-0.2, -0.15) is 0 Å². The Hall–Kier alpha value is -0.800. The lowest BCUT2D eigenvalue weighted by atomic mass is 10.1. The zero-order valence-electron chi connectivity index (χ0n) is 13.5. The van der Waals surface area contributed by atoms with Crippen LogP contribution in [-0.2, 0) is 13.1 Å². The molecule has 1 aromatic rings. The van der Waals surface area contributed by atoms with Crippen molar-refractivity contribution in [3.8, 4) is 0 Å². The summed E-state index contributed by atoms with van der Waals surface area (Å²) in [6.07, 6.45) is 3.90. The lowest BCUT2D eigenvalue weighted by Crippen LogP contribution is -2.33. The van der Waals surface area contributed by atoms with Gasteiger partial charge in [0.15, 0.2) is 0 Å². The third-order valence-corrected chi connectivity index (χ3v) is 4.33. The van der Waals surface area contributed by atoms with E-state index in [9.17, 15) is 0 Å². The van der Waals surface area contributed by atoms with Gasteiger partial charge in [0.2, 0.25) is 0 Å². The second kappa shape index (κ2) is 7.28. The van der Waals surface area contributed by atoms with Crippen LogP contribution >= 0.6 is 0 Å². The van der Waals surface area contributed by atoms with E-state index >= 15 is 0 Å². The highest BCUT2D eigenvalue weighted by Crippen LogP contribution is 2.28. The van der Waals surface area contributed by atoms with E-state index < -0.39 is 0 Å². The average molecular weight is 278 g/mol. The quantitative estimate of drug-likeness (QED) is 0.822. The zero-order chi connectivity index (χ0) is 14.5. The Balaban J connectivity index is 1.85. The summed E-state index contributed by atoms with van der Waals surface area (Å²) >= 11 is 0. The zero-order valence-corrected chi connectivity index (χ0v) is 13.5. The van der Waals surface area contributed by atoms with E-state index in [1.54, 1.807) is 0 Å². The van der Waals surface area contributed by atoms with Crippen molar-refractivity contribution < 1.29 is 4.42 Å². The van der Waals surface area contributed by atoms with Crippen LogP contribution in [-0.4, -0.2) is 23.5 Å². The Labute approximate surface area is 123 Å². The minimum atomic E-state index is 0.681. The van der Waals surface area contributed by atoms with Crippen LogP contribution in [0.4, 0.5) is 0 Å². The molecule has 1 saturated heterocycles. The van der Waals surface area contributed by atoms with Crippen molar-refractivity contribution in [2.75, 3.05) is 6.54 Å². The van der Waals surface area contributed by atoms with Crippen molar-refractivity contribution >= 4 is 0 Å². The lowest BCUT2D eigenvalue weighted by Gasteiger charge is -2.26. The van der Waals surface area contributed by atoms with Gasteiger partial charge in [-0.05, 0) is 50.8 Å². The maximum atomic E-state index is 5.96. The Morgan fingerprint density at radius 3 is 2.75 bits per heavy atom. The largest absolute Gasteiger partial charge is 0.463 e. The summed E-state index contributed by atoms with van der Waals surface area (Å²) in [5.41, 5.74) is 0. The summed E-state index contributed by atoms with van der Waals surface area (Å²) < 4.78 is 5.96. The van der Waals surface area contributed by atoms with Crippen LogP contribution in [0.25, 0.3) is 0 Å². The van der Waals surface area contributed by atoms with Gasteiger partial charge < -0.3 is 9.73 Å². The Kier molecular flexibility index (Phi) is 5.67. The van der Waals surface area contributed by atoms with Crippen molar-refractivity contribution in [3.05, 3.63) is 23.7 Å². The van der Waals surface area contributed by atoms with E-state index in [2.05, 4.69) is 50.0 Å². The number of furan rings is 1. The molecule has 1 aliphatic heterocycles. The minimum Gasteiger partial charge on any atom is -0.463 e. The van der Waals surface area contributed by atoms with Gasteiger partial charge in [0.25, 0.3) is 0 Å². The summed E-state index contributed by atoms with van der Waals surface area (Å²) in [6.45, 7) is 11.9. The van der Waals surface area contributed by atoms with Crippen LogP contribution < -0.4 is 5.32 Å². The number of nitrogens with zero attached hydrogens (tertiary/aromatic N) is 1. The molecule has 0 bridgehead atoms. The molecule has 2 rings (SSSR count). The smallest absolute Gasteiger partial charge is 0.118 e. The predicted molar refractivity (Wildman–Crippen MR) is 83.6 cm³/mol. The molecule has 1 aliphatic rings. The second-order valence-electron chi connectivity index (χ2n) is 6.55. The van der Waals surface area contributed by atoms with Crippen LogP contribution in [0.15, 0.2) is 16.5 Å². The molecule has 1 N–H and O–H groups in total. The van der Waals surface area contributed by atoms with Gasteiger partial charge in [-0.1, -0.05) is 20.8 Å². The minimum absolute atomic E-state index is 0.681. The monoisotopic (exact) mass is 278 g/mol. The fraction of sp³-hybridized carbons (Fsp3) is 0.765. The second-order valence-corrected chi connectivity index (χ2v) is 6.55. The van der Waals surface area contributed by atoms with E-state index in [0.717, 1.165) is 37.2 Å². The molecule has 0 saturated carbocycles. The maximum Gasteiger partial charge on any atom is 0.118 e. The first kappa shape index (κ1) is 15.6. The number of hydrogen-bond donors (Lipinski definition) is 1. The molecule has 1 aromatic heterocycles. The molecular formula is C17H30N2O. The summed E-state index contributed by atoms with van der Waals surface area (Å²) in [5.74, 6) is 2.85. The van der Waals surface area contributed by atoms with Crippen LogP contribution in [0.1, 0.15) is 58.5 Å². The molecular weight excluding hydrogens is 248 g/mol. The molecule has 1 fully saturated rings. The highest BCUT2D eigenvalue weighted by molar-refractivity contribution is 5.08. The molecule has 0 amide bonds. The molecule has 0 aliphatic carbocycles. The fourth-order valence-corrected chi connectivity index (χ4v) is 3.11. The predicted octanol–water partition coefficient (Wildman–Crippen LogP) is 3.79. The van der Waals surface area contributed by atoms with E-state index in [1.807, 2.05) is 0 Å². The normalized spacial score (nSPS) is 23.9. The van der Waals surface area contributed by atoms with Gasteiger partial charge in [0.1, 0.15) is 11.5 Å². The number of nitrogens with one attached hydrogen (secondary N) is 1. The Morgan fingerprint density at radius 2 is 2.05 bits per heavy atom. The SMILES string of the molecule is CCC1CCC(C)N1Cc1ccc(CNCC(C)C)o1. The first-order chi connectivity index (χ1) is 9.60. The van der Waals surface area contributed by atoms with E-state index in [1.165, 1.54) is 19.3 Å². The molecule has 3 heteroatoms. The summed E-state index contributed by atoms with van der Waals surface area (Å²) in [6, 6.07) is 5.68. The van der Waals surface area contributed by atoms with Gasteiger partial charge in [-0.15, -0.1) is 0 Å². The topological polar surface area (TPSA) is 28.4 Å². The van der Waals surface area contributed by atoms with Gasteiger partial charge in [0.05, 0.1) is 13.1 Å². The molecule has 2 atom stereocenters. The van der Waals surface area contributed by atoms with Crippen LogP contribution in [0.5, 0.6) is 0 Å². The van der Waals surface area contributed by atoms with Crippen LogP contribution in [0, 0.1) is 5.92 Å². The van der Waals surface area contributed by atoms with Gasteiger partial charge in [0, 0.05) is 12.1 Å². The van der Waals surface area contributed by atoms with Gasteiger partial charge in [-0.25, -0.2) is 0 Å².